The highest BCUT2D eigenvalue weighted by molar-refractivity contribution is 9.10. The Morgan fingerprint density at radius 2 is 2.00 bits per heavy atom. The third-order valence-electron chi connectivity index (χ3n) is 1.92. The lowest BCUT2D eigenvalue weighted by Crippen LogP contribution is -1.97. The first kappa shape index (κ1) is 10.1. The number of hydrogen-bond donors (Lipinski definition) is 1. The molecule has 4 heteroatoms. The van der Waals surface area contributed by atoms with Gasteiger partial charge in [-0.05, 0) is 40.2 Å². The summed E-state index contributed by atoms with van der Waals surface area (Å²) in [6, 6.07) is 11.0. The molecule has 3 nitrogen and oxygen atoms in total. The quantitative estimate of drug-likeness (QED) is 0.869. The van der Waals surface area contributed by atoms with Gasteiger partial charge in [-0.1, -0.05) is 12.1 Å². The van der Waals surface area contributed by atoms with E-state index in [2.05, 4.69) is 15.9 Å². The SMILES string of the molecule is Nc1ccccc1OCc1ccc(Br)o1. The van der Waals surface area contributed by atoms with Crippen molar-refractivity contribution in [2.75, 3.05) is 5.73 Å². The molecule has 2 rings (SSSR count). The number of halogens is 1. The first-order valence-electron chi connectivity index (χ1n) is 4.47. The zero-order chi connectivity index (χ0) is 10.7. The number of hydrogen-bond acceptors (Lipinski definition) is 3. The van der Waals surface area contributed by atoms with Crippen LogP contribution >= 0.6 is 15.9 Å². The van der Waals surface area contributed by atoms with Gasteiger partial charge in [0.15, 0.2) is 4.67 Å². The van der Waals surface area contributed by atoms with Gasteiger partial charge in [0, 0.05) is 0 Å². The number of nitrogens with two attached hydrogens (primary N) is 1. The van der Waals surface area contributed by atoms with Gasteiger partial charge in [-0.2, -0.15) is 0 Å². The number of ether oxygens (including phenoxy) is 1. The van der Waals surface area contributed by atoms with Crippen molar-refractivity contribution in [1.82, 2.24) is 0 Å². The predicted octanol–water partition coefficient (Wildman–Crippen LogP) is 3.20. The summed E-state index contributed by atoms with van der Waals surface area (Å²) in [5.74, 6) is 1.43. The maximum absolute atomic E-state index is 5.73. The Morgan fingerprint density at radius 1 is 1.20 bits per heavy atom. The van der Waals surface area contributed by atoms with Gasteiger partial charge in [0.2, 0.25) is 0 Å². The molecule has 0 amide bonds. The third-order valence-corrected chi connectivity index (χ3v) is 2.34. The van der Waals surface area contributed by atoms with Crippen molar-refractivity contribution in [1.29, 1.82) is 0 Å². The molecule has 1 heterocycles. The van der Waals surface area contributed by atoms with Crippen LogP contribution in [0.5, 0.6) is 5.75 Å². The van der Waals surface area contributed by atoms with Gasteiger partial charge in [-0.15, -0.1) is 0 Å². The molecule has 2 N–H and O–H groups in total. The van der Waals surface area contributed by atoms with E-state index in [0.717, 1.165) is 5.76 Å². The van der Waals surface area contributed by atoms with Crippen molar-refractivity contribution >= 4 is 21.6 Å². The molecule has 0 fully saturated rings. The normalized spacial score (nSPS) is 10.2. The second-order valence-corrected chi connectivity index (χ2v) is 3.81. The summed E-state index contributed by atoms with van der Waals surface area (Å²) < 4.78 is 11.5. The van der Waals surface area contributed by atoms with Gasteiger partial charge in [0.25, 0.3) is 0 Å². The standard InChI is InChI=1S/C11H10BrNO2/c12-11-6-5-8(15-11)7-14-10-4-2-1-3-9(10)13/h1-6H,7,13H2. The van der Waals surface area contributed by atoms with Crippen molar-refractivity contribution < 1.29 is 9.15 Å². The molecule has 0 radical (unpaired) electrons. The molecule has 0 aliphatic rings. The molecule has 0 unspecified atom stereocenters. The lowest BCUT2D eigenvalue weighted by Gasteiger charge is -2.06. The van der Waals surface area contributed by atoms with E-state index in [1.807, 2.05) is 30.3 Å². The molecule has 1 aromatic heterocycles. The minimum absolute atomic E-state index is 0.375. The van der Waals surface area contributed by atoms with E-state index < -0.39 is 0 Å². The number of benzene rings is 1. The highest BCUT2D eigenvalue weighted by Gasteiger charge is 2.02. The largest absolute Gasteiger partial charge is 0.483 e. The van der Waals surface area contributed by atoms with Crippen molar-refractivity contribution in [3.63, 3.8) is 0 Å². The number of rotatable bonds is 3. The highest BCUT2D eigenvalue weighted by atomic mass is 79.9. The number of nitrogen functional groups attached to an aromatic ring is 1. The van der Waals surface area contributed by atoms with E-state index in [1.54, 1.807) is 6.07 Å². The van der Waals surface area contributed by atoms with E-state index in [1.165, 1.54) is 0 Å². The fourth-order valence-corrected chi connectivity index (χ4v) is 1.53. The van der Waals surface area contributed by atoms with Crippen molar-refractivity contribution in [3.8, 4) is 5.75 Å². The lowest BCUT2D eigenvalue weighted by molar-refractivity contribution is 0.269. The minimum atomic E-state index is 0.375. The van der Waals surface area contributed by atoms with Crippen LogP contribution < -0.4 is 10.5 Å². The van der Waals surface area contributed by atoms with E-state index in [-0.39, 0.29) is 0 Å². The molecule has 0 aliphatic carbocycles. The predicted molar refractivity (Wildman–Crippen MR) is 61.6 cm³/mol. The van der Waals surface area contributed by atoms with Crippen LogP contribution in [0.4, 0.5) is 5.69 Å². The Kier molecular flexibility index (Phi) is 2.97. The summed E-state index contributed by atoms with van der Waals surface area (Å²) in [5.41, 5.74) is 6.35. The summed E-state index contributed by atoms with van der Waals surface area (Å²) >= 11 is 3.23. The summed E-state index contributed by atoms with van der Waals surface area (Å²) in [5, 5.41) is 0. The second kappa shape index (κ2) is 4.40. The van der Waals surface area contributed by atoms with E-state index in [9.17, 15) is 0 Å². The van der Waals surface area contributed by atoms with Gasteiger partial charge >= 0.3 is 0 Å². The second-order valence-electron chi connectivity index (χ2n) is 3.03. The van der Waals surface area contributed by atoms with E-state index in [0.29, 0.717) is 22.7 Å². The van der Waals surface area contributed by atoms with Gasteiger partial charge in [0.1, 0.15) is 18.1 Å². The number of anilines is 1. The van der Waals surface area contributed by atoms with Crippen molar-refractivity contribution in [3.05, 3.63) is 46.8 Å². The number of para-hydroxylation sites is 2. The van der Waals surface area contributed by atoms with Crippen LogP contribution in [0.3, 0.4) is 0 Å². The summed E-state index contributed by atoms with van der Waals surface area (Å²) in [6.07, 6.45) is 0. The summed E-state index contributed by atoms with van der Waals surface area (Å²) in [4.78, 5) is 0. The topological polar surface area (TPSA) is 48.4 Å². The molecule has 0 aliphatic heterocycles. The molecule has 15 heavy (non-hydrogen) atoms. The molecule has 0 saturated carbocycles. The molecule has 0 saturated heterocycles. The van der Waals surface area contributed by atoms with Crippen LogP contribution in [-0.4, -0.2) is 0 Å². The Balaban J connectivity index is 2.02. The fraction of sp³-hybridized carbons (Fsp3) is 0.0909. The van der Waals surface area contributed by atoms with Gasteiger partial charge in [0.05, 0.1) is 5.69 Å². The first-order chi connectivity index (χ1) is 7.25. The van der Waals surface area contributed by atoms with Gasteiger partial charge in [-0.25, -0.2) is 0 Å². The van der Waals surface area contributed by atoms with Crippen LogP contribution in [0.1, 0.15) is 5.76 Å². The molecular weight excluding hydrogens is 258 g/mol. The Morgan fingerprint density at radius 3 is 2.67 bits per heavy atom. The fourth-order valence-electron chi connectivity index (χ4n) is 1.19. The maximum Gasteiger partial charge on any atom is 0.169 e. The minimum Gasteiger partial charge on any atom is -0.483 e. The van der Waals surface area contributed by atoms with Crippen LogP contribution in [0.15, 0.2) is 45.5 Å². The van der Waals surface area contributed by atoms with Crippen molar-refractivity contribution in [2.24, 2.45) is 0 Å². The zero-order valence-corrected chi connectivity index (χ0v) is 9.53. The molecule has 78 valence electrons. The van der Waals surface area contributed by atoms with Crippen molar-refractivity contribution in [2.45, 2.75) is 6.61 Å². The molecule has 0 spiro atoms. The molecule has 0 bridgehead atoms. The summed E-state index contributed by atoms with van der Waals surface area (Å²) in [6.45, 7) is 0.375. The first-order valence-corrected chi connectivity index (χ1v) is 5.26. The summed E-state index contributed by atoms with van der Waals surface area (Å²) in [7, 11) is 0. The zero-order valence-electron chi connectivity index (χ0n) is 7.94. The van der Waals surface area contributed by atoms with Crippen LogP contribution in [0.25, 0.3) is 0 Å². The molecular formula is C11H10BrNO2. The van der Waals surface area contributed by atoms with Gasteiger partial charge < -0.3 is 14.9 Å². The third kappa shape index (κ3) is 2.53. The highest BCUT2D eigenvalue weighted by Crippen LogP contribution is 2.22. The van der Waals surface area contributed by atoms with E-state index in [4.69, 9.17) is 14.9 Å². The lowest BCUT2D eigenvalue weighted by atomic mass is 10.3. The smallest absolute Gasteiger partial charge is 0.169 e. The number of furan rings is 1. The van der Waals surface area contributed by atoms with Crippen LogP contribution in [-0.2, 0) is 6.61 Å². The van der Waals surface area contributed by atoms with Crippen LogP contribution in [0.2, 0.25) is 0 Å². The maximum atomic E-state index is 5.73. The van der Waals surface area contributed by atoms with Crippen LogP contribution in [0, 0.1) is 0 Å². The molecule has 1 aromatic carbocycles. The van der Waals surface area contributed by atoms with Gasteiger partial charge in [-0.3, -0.25) is 0 Å². The molecule has 2 aromatic rings. The Labute approximate surface area is 96.0 Å². The molecule has 0 atom stereocenters. The van der Waals surface area contributed by atoms with E-state index >= 15 is 0 Å². The Hall–Kier alpha value is -1.42. The average molecular weight is 268 g/mol. The average Bonchev–Trinajstić information content (AvgIpc) is 2.63. The Bertz CT molecular complexity index is 453. The monoisotopic (exact) mass is 267 g/mol.